The summed E-state index contributed by atoms with van der Waals surface area (Å²) < 4.78 is 13.0. The molecular formula is C24H29N3O3S2. The SMILES string of the molecule is CCc1cccc(CC)c1-n1c(N)c(C(=O)NCCc2ccc(OC)c(OC)c2)sc1=S. The summed E-state index contributed by atoms with van der Waals surface area (Å²) >= 11 is 6.86. The van der Waals surface area contributed by atoms with Crippen molar-refractivity contribution < 1.29 is 14.3 Å². The van der Waals surface area contributed by atoms with Crippen molar-refractivity contribution in [1.29, 1.82) is 0 Å². The number of amides is 1. The molecule has 32 heavy (non-hydrogen) atoms. The maximum Gasteiger partial charge on any atom is 0.265 e. The molecule has 3 aromatic rings. The first-order valence-corrected chi connectivity index (χ1v) is 11.8. The van der Waals surface area contributed by atoms with Gasteiger partial charge in [-0.3, -0.25) is 9.36 Å². The van der Waals surface area contributed by atoms with Gasteiger partial charge in [-0.1, -0.05) is 49.4 Å². The Morgan fingerprint density at radius 1 is 1.09 bits per heavy atom. The Hall–Kier alpha value is -2.84. The van der Waals surface area contributed by atoms with Gasteiger partial charge in [0, 0.05) is 6.54 Å². The fourth-order valence-electron chi connectivity index (χ4n) is 3.70. The number of thiazole rings is 1. The van der Waals surface area contributed by atoms with Crippen LogP contribution in [0, 0.1) is 3.95 Å². The first-order valence-electron chi connectivity index (χ1n) is 10.6. The molecule has 8 heteroatoms. The molecule has 0 atom stereocenters. The van der Waals surface area contributed by atoms with Crippen molar-refractivity contribution in [2.24, 2.45) is 0 Å². The number of benzene rings is 2. The lowest BCUT2D eigenvalue weighted by Gasteiger charge is -2.15. The molecule has 1 heterocycles. The van der Waals surface area contributed by atoms with Crippen LogP contribution in [0.25, 0.3) is 5.69 Å². The predicted molar refractivity (Wildman–Crippen MR) is 133 cm³/mol. The number of hydrogen-bond donors (Lipinski definition) is 2. The second-order valence-corrected chi connectivity index (χ2v) is 8.89. The van der Waals surface area contributed by atoms with Crippen LogP contribution in [0.3, 0.4) is 0 Å². The maximum atomic E-state index is 12.9. The van der Waals surface area contributed by atoms with Crippen molar-refractivity contribution in [3.05, 3.63) is 61.9 Å². The van der Waals surface area contributed by atoms with Crippen molar-refractivity contribution in [2.75, 3.05) is 26.5 Å². The highest BCUT2D eigenvalue weighted by atomic mass is 32.1. The van der Waals surface area contributed by atoms with Gasteiger partial charge >= 0.3 is 0 Å². The summed E-state index contributed by atoms with van der Waals surface area (Å²) in [5.74, 6) is 1.51. The fraction of sp³-hybridized carbons (Fsp3) is 0.333. The second-order valence-electron chi connectivity index (χ2n) is 7.24. The van der Waals surface area contributed by atoms with E-state index >= 15 is 0 Å². The third-order valence-electron chi connectivity index (χ3n) is 5.39. The van der Waals surface area contributed by atoms with Crippen molar-refractivity contribution in [3.63, 3.8) is 0 Å². The summed E-state index contributed by atoms with van der Waals surface area (Å²) in [5.41, 5.74) is 10.8. The number of nitrogens with two attached hydrogens (primary N) is 1. The average Bonchev–Trinajstić information content (AvgIpc) is 3.11. The first-order chi connectivity index (χ1) is 15.4. The summed E-state index contributed by atoms with van der Waals surface area (Å²) in [6, 6.07) is 11.9. The van der Waals surface area contributed by atoms with E-state index in [1.807, 2.05) is 22.8 Å². The van der Waals surface area contributed by atoms with Crippen LogP contribution >= 0.6 is 23.6 Å². The average molecular weight is 472 g/mol. The van der Waals surface area contributed by atoms with Crippen LogP contribution in [0.1, 0.15) is 40.2 Å². The third-order valence-corrected chi connectivity index (χ3v) is 6.78. The largest absolute Gasteiger partial charge is 0.493 e. The number of methoxy groups -OCH3 is 2. The summed E-state index contributed by atoms with van der Waals surface area (Å²) in [4.78, 5) is 13.3. The maximum absolute atomic E-state index is 12.9. The molecule has 0 bridgehead atoms. The van der Waals surface area contributed by atoms with Crippen LogP contribution in [0.4, 0.5) is 5.82 Å². The standard InChI is InChI=1S/C24H29N3O3S2/c1-5-16-8-7-9-17(6-2)20(16)27-22(25)21(32-24(27)31)23(28)26-13-12-15-10-11-18(29-3)19(14-15)30-4/h7-11,14H,5-6,12-13,25H2,1-4H3,(H,26,28). The molecule has 3 N–H and O–H groups in total. The lowest BCUT2D eigenvalue weighted by molar-refractivity contribution is 0.0958. The number of nitrogen functional groups attached to an aromatic ring is 1. The third kappa shape index (κ3) is 4.81. The van der Waals surface area contributed by atoms with Crippen molar-refractivity contribution >= 4 is 35.3 Å². The minimum Gasteiger partial charge on any atom is -0.493 e. The number of carbonyl (C=O) groups excluding carboxylic acids is 1. The Morgan fingerprint density at radius 2 is 1.75 bits per heavy atom. The second kappa shape index (κ2) is 10.7. The number of nitrogens with zero attached hydrogens (tertiary/aromatic N) is 1. The van der Waals surface area contributed by atoms with Gasteiger partial charge in [0.25, 0.3) is 5.91 Å². The van der Waals surface area contributed by atoms with Crippen LogP contribution in [0.2, 0.25) is 0 Å². The Morgan fingerprint density at radius 3 is 2.34 bits per heavy atom. The first kappa shape index (κ1) is 23.8. The van der Waals surface area contributed by atoms with Gasteiger partial charge in [-0.25, -0.2) is 0 Å². The highest BCUT2D eigenvalue weighted by Gasteiger charge is 2.20. The van der Waals surface area contributed by atoms with E-state index in [9.17, 15) is 4.79 Å². The number of nitrogens with one attached hydrogen (secondary N) is 1. The van der Waals surface area contributed by atoms with Gasteiger partial charge in [-0.05, 0) is 60.3 Å². The lowest BCUT2D eigenvalue weighted by Crippen LogP contribution is -2.26. The molecule has 0 fully saturated rings. The Bertz CT molecular complexity index is 1150. The summed E-state index contributed by atoms with van der Waals surface area (Å²) in [5, 5.41) is 2.96. The number of para-hydroxylation sites is 1. The number of rotatable bonds is 9. The molecule has 3 rings (SSSR count). The minimum absolute atomic E-state index is 0.218. The van der Waals surface area contributed by atoms with Gasteiger partial charge in [0.05, 0.1) is 19.9 Å². The van der Waals surface area contributed by atoms with Crippen LogP contribution in [0.5, 0.6) is 11.5 Å². The van der Waals surface area contributed by atoms with Gasteiger partial charge in [0.2, 0.25) is 0 Å². The number of carbonyl (C=O) groups is 1. The molecule has 0 spiro atoms. The van der Waals surface area contributed by atoms with E-state index in [1.54, 1.807) is 14.2 Å². The molecule has 1 aromatic heterocycles. The number of anilines is 1. The normalized spacial score (nSPS) is 10.8. The van der Waals surface area contributed by atoms with Crippen LogP contribution in [-0.2, 0) is 19.3 Å². The lowest BCUT2D eigenvalue weighted by atomic mass is 10.0. The van der Waals surface area contributed by atoms with E-state index in [0.717, 1.165) is 35.2 Å². The van der Waals surface area contributed by atoms with E-state index in [0.29, 0.717) is 39.1 Å². The summed E-state index contributed by atoms with van der Waals surface area (Å²) in [6.07, 6.45) is 2.36. The predicted octanol–water partition coefficient (Wildman–Crippen LogP) is 4.96. The van der Waals surface area contributed by atoms with Crippen LogP contribution in [-0.4, -0.2) is 31.2 Å². The molecule has 1 amide bonds. The molecule has 0 saturated heterocycles. The number of aryl methyl sites for hydroxylation is 2. The molecule has 0 radical (unpaired) electrons. The Labute approximate surface area is 198 Å². The van der Waals surface area contributed by atoms with Gasteiger partial charge in [0.1, 0.15) is 10.7 Å². The van der Waals surface area contributed by atoms with E-state index in [2.05, 4.69) is 37.4 Å². The molecule has 0 unspecified atom stereocenters. The Balaban J connectivity index is 1.80. The van der Waals surface area contributed by atoms with Gasteiger partial charge in [0.15, 0.2) is 15.5 Å². The van der Waals surface area contributed by atoms with E-state index in [4.69, 9.17) is 27.4 Å². The van der Waals surface area contributed by atoms with Crippen molar-refractivity contribution in [3.8, 4) is 17.2 Å². The molecule has 0 saturated carbocycles. The van der Waals surface area contributed by atoms with Gasteiger partial charge in [-0.15, -0.1) is 0 Å². The molecule has 170 valence electrons. The monoisotopic (exact) mass is 471 g/mol. The number of hydrogen-bond acceptors (Lipinski definition) is 6. The smallest absolute Gasteiger partial charge is 0.265 e. The van der Waals surface area contributed by atoms with E-state index in [1.165, 1.54) is 11.3 Å². The van der Waals surface area contributed by atoms with Gasteiger partial charge < -0.3 is 20.5 Å². The fourth-order valence-corrected chi connectivity index (χ4v) is 4.95. The zero-order valence-corrected chi connectivity index (χ0v) is 20.5. The van der Waals surface area contributed by atoms with E-state index in [-0.39, 0.29) is 5.91 Å². The van der Waals surface area contributed by atoms with Crippen LogP contribution < -0.4 is 20.5 Å². The van der Waals surface area contributed by atoms with Gasteiger partial charge in [-0.2, -0.15) is 0 Å². The van der Waals surface area contributed by atoms with E-state index < -0.39 is 0 Å². The Kier molecular flexibility index (Phi) is 7.93. The molecule has 2 aromatic carbocycles. The number of aromatic nitrogens is 1. The zero-order valence-electron chi connectivity index (χ0n) is 18.9. The molecule has 6 nitrogen and oxygen atoms in total. The summed E-state index contributed by atoms with van der Waals surface area (Å²) in [7, 11) is 3.20. The quantitative estimate of drug-likeness (QED) is 0.431. The minimum atomic E-state index is -0.218. The molecular weight excluding hydrogens is 442 g/mol. The van der Waals surface area contributed by atoms with Crippen LogP contribution in [0.15, 0.2) is 36.4 Å². The highest BCUT2D eigenvalue weighted by Crippen LogP contribution is 2.31. The topological polar surface area (TPSA) is 78.5 Å². The molecule has 0 aliphatic carbocycles. The molecule has 0 aliphatic heterocycles. The number of ether oxygens (including phenoxy) is 2. The molecule has 0 aliphatic rings. The highest BCUT2D eigenvalue weighted by molar-refractivity contribution is 7.73. The summed E-state index contributed by atoms with van der Waals surface area (Å²) in [6.45, 7) is 4.67. The zero-order chi connectivity index (χ0) is 23.3. The van der Waals surface area contributed by atoms with Crippen molar-refractivity contribution in [1.82, 2.24) is 9.88 Å². The van der Waals surface area contributed by atoms with Crippen molar-refractivity contribution in [2.45, 2.75) is 33.1 Å².